The Morgan fingerprint density at radius 3 is 2.33 bits per heavy atom. The molecule has 3 aromatic rings. The normalized spacial score (nSPS) is 25.9. The highest BCUT2D eigenvalue weighted by Crippen LogP contribution is 2.64. The zero-order valence-electron chi connectivity index (χ0n) is 31.9. The standard InChI is InChI=1S/C43H60N4O4/c1-27(2)35-24-43(35)17-13-33(14-18-43)44-42(49)32-8-7-19-46(25-32)26-39(48)47-20-15-29(16-21-47)30-9-11-36-34(22-30)40(28(3)4)41(45-36)31-10-12-37(50-5)38(23-31)51-6/h9-12,22-23,27-29,32-33,35,45H,7-8,13-21,24-26H2,1-6H3,(H,44,49). The smallest absolute Gasteiger partial charge is 0.236 e. The average Bonchev–Trinajstić information content (AvgIpc) is 3.71. The molecule has 8 nitrogen and oxygen atoms in total. The quantitative estimate of drug-likeness (QED) is 0.224. The third-order valence-electron chi connectivity index (χ3n) is 13.1. The number of methoxy groups -OCH3 is 2. The number of hydrogen-bond acceptors (Lipinski definition) is 5. The van der Waals surface area contributed by atoms with E-state index in [4.69, 9.17) is 9.47 Å². The van der Waals surface area contributed by atoms with Crippen LogP contribution >= 0.6 is 0 Å². The van der Waals surface area contributed by atoms with Gasteiger partial charge in [0.15, 0.2) is 11.5 Å². The molecule has 2 aliphatic heterocycles. The lowest BCUT2D eigenvalue weighted by atomic mass is 9.80. The summed E-state index contributed by atoms with van der Waals surface area (Å²) in [7, 11) is 3.33. The van der Waals surface area contributed by atoms with Crippen molar-refractivity contribution in [3.05, 3.63) is 47.5 Å². The van der Waals surface area contributed by atoms with Crippen molar-refractivity contribution in [2.24, 2.45) is 23.2 Å². The predicted octanol–water partition coefficient (Wildman–Crippen LogP) is 8.11. The van der Waals surface area contributed by atoms with Crippen LogP contribution in [0.5, 0.6) is 11.5 Å². The molecule has 276 valence electrons. The van der Waals surface area contributed by atoms with Gasteiger partial charge in [-0.2, -0.15) is 0 Å². The maximum Gasteiger partial charge on any atom is 0.236 e. The van der Waals surface area contributed by atoms with Crippen molar-refractivity contribution in [2.75, 3.05) is 46.9 Å². The number of nitrogens with one attached hydrogen (secondary N) is 2. The Morgan fingerprint density at radius 1 is 0.922 bits per heavy atom. The molecule has 2 aromatic carbocycles. The summed E-state index contributed by atoms with van der Waals surface area (Å²) < 4.78 is 11.1. The number of fused-ring (bicyclic) bond motifs is 1. The Labute approximate surface area is 305 Å². The maximum atomic E-state index is 13.5. The highest BCUT2D eigenvalue weighted by atomic mass is 16.5. The van der Waals surface area contributed by atoms with Crippen molar-refractivity contribution in [3.63, 3.8) is 0 Å². The SMILES string of the molecule is COc1ccc(-c2[nH]c3ccc(C4CCN(C(=O)CN5CCCC(C(=O)NC6CCC7(CC6)CC7C(C)C)C5)CC4)cc3c2C(C)C)cc1OC. The van der Waals surface area contributed by atoms with Crippen LogP contribution in [0.15, 0.2) is 36.4 Å². The first-order chi connectivity index (χ1) is 24.6. The van der Waals surface area contributed by atoms with E-state index in [9.17, 15) is 9.59 Å². The van der Waals surface area contributed by atoms with Crippen molar-refractivity contribution < 1.29 is 19.1 Å². The second kappa shape index (κ2) is 14.8. The van der Waals surface area contributed by atoms with Crippen molar-refractivity contribution >= 4 is 22.7 Å². The Bertz CT molecular complexity index is 1710. The summed E-state index contributed by atoms with van der Waals surface area (Å²) >= 11 is 0. The fourth-order valence-corrected chi connectivity index (χ4v) is 10.0. The van der Waals surface area contributed by atoms with E-state index in [-0.39, 0.29) is 17.7 Å². The zero-order valence-corrected chi connectivity index (χ0v) is 31.9. The van der Waals surface area contributed by atoms with Gasteiger partial charge in [-0.05, 0) is 135 Å². The number of ether oxygens (including phenoxy) is 2. The number of hydrogen-bond donors (Lipinski definition) is 2. The van der Waals surface area contributed by atoms with E-state index in [0.29, 0.717) is 36.4 Å². The fourth-order valence-electron chi connectivity index (χ4n) is 10.0. The van der Waals surface area contributed by atoms with Crippen LogP contribution in [0, 0.1) is 23.2 Å². The van der Waals surface area contributed by atoms with Gasteiger partial charge in [-0.25, -0.2) is 0 Å². The minimum Gasteiger partial charge on any atom is -0.493 e. The lowest BCUT2D eigenvalue weighted by Gasteiger charge is -2.37. The molecule has 0 radical (unpaired) electrons. The lowest BCUT2D eigenvalue weighted by molar-refractivity contribution is -0.135. The van der Waals surface area contributed by atoms with Crippen LogP contribution < -0.4 is 14.8 Å². The molecule has 2 N–H and O–H groups in total. The van der Waals surface area contributed by atoms with Gasteiger partial charge in [0, 0.05) is 42.1 Å². The summed E-state index contributed by atoms with van der Waals surface area (Å²) in [6, 6.07) is 13.3. The molecule has 2 saturated heterocycles. The average molecular weight is 697 g/mol. The first-order valence-electron chi connectivity index (χ1n) is 19.8. The summed E-state index contributed by atoms with van der Waals surface area (Å²) in [6.45, 7) is 12.8. The Balaban J connectivity index is 0.925. The number of benzene rings is 2. The molecule has 7 rings (SSSR count). The molecule has 8 heteroatoms. The third-order valence-corrected chi connectivity index (χ3v) is 13.1. The molecule has 1 spiro atoms. The van der Waals surface area contributed by atoms with Gasteiger partial charge in [0.1, 0.15) is 0 Å². The van der Waals surface area contributed by atoms with Crippen LogP contribution in [0.25, 0.3) is 22.2 Å². The summed E-state index contributed by atoms with van der Waals surface area (Å²) in [5.41, 5.74) is 6.58. The number of carbonyl (C=O) groups excluding carboxylic acids is 2. The Morgan fingerprint density at radius 2 is 1.67 bits per heavy atom. The fraction of sp³-hybridized carbons (Fsp3) is 0.628. The first kappa shape index (κ1) is 35.9. The third kappa shape index (κ3) is 7.40. The summed E-state index contributed by atoms with van der Waals surface area (Å²) in [5.74, 6) is 4.27. The van der Waals surface area contributed by atoms with E-state index in [1.54, 1.807) is 14.2 Å². The molecular formula is C43H60N4O4. The first-order valence-corrected chi connectivity index (χ1v) is 19.8. The van der Waals surface area contributed by atoms with E-state index in [1.165, 1.54) is 35.8 Å². The number of rotatable bonds is 10. The van der Waals surface area contributed by atoms with Gasteiger partial charge in [-0.1, -0.05) is 33.8 Å². The van der Waals surface area contributed by atoms with Gasteiger partial charge >= 0.3 is 0 Å². The molecule has 2 atom stereocenters. The van der Waals surface area contributed by atoms with Gasteiger partial charge in [0.25, 0.3) is 0 Å². The number of carbonyl (C=O) groups is 2. The van der Waals surface area contributed by atoms with Crippen molar-refractivity contribution in [1.29, 1.82) is 0 Å². The molecule has 1 aromatic heterocycles. The van der Waals surface area contributed by atoms with E-state index in [0.717, 1.165) is 98.3 Å². The number of likely N-dealkylation sites (tertiary alicyclic amines) is 2. The molecule has 51 heavy (non-hydrogen) atoms. The van der Waals surface area contributed by atoms with E-state index < -0.39 is 0 Å². The number of nitrogens with zero attached hydrogens (tertiary/aromatic N) is 2. The predicted molar refractivity (Wildman–Crippen MR) is 204 cm³/mol. The molecule has 0 bridgehead atoms. The molecule has 2 unspecified atom stereocenters. The van der Waals surface area contributed by atoms with Gasteiger partial charge < -0.3 is 24.7 Å². The van der Waals surface area contributed by atoms with Gasteiger partial charge in [-0.15, -0.1) is 0 Å². The maximum absolute atomic E-state index is 13.5. The van der Waals surface area contributed by atoms with Crippen molar-refractivity contribution in [1.82, 2.24) is 20.1 Å². The Kier molecular flexibility index (Phi) is 10.4. The van der Waals surface area contributed by atoms with Crippen LogP contribution in [-0.2, 0) is 9.59 Å². The van der Waals surface area contributed by atoms with Crippen LogP contribution in [-0.4, -0.2) is 79.6 Å². The summed E-state index contributed by atoms with van der Waals surface area (Å²) in [4.78, 5) is 34.9. The second-order valence-corrected chi connectivity index (χ2v) is 16.9. The minimum absolute atomic E-state index is 0.0103. The summed E-state index contributed by atoms with van der Waals surface area (Å²) in [6.07, 6.45) is 10.0. The number of aromatic nitrogens is 1. The van der Waals surface area contributed by atoms with E-state index >= 15 is 0 Å². The minimum atomic E-state index is -0.0103. The topological polar surface area (TPSA) is 86.9 Å². The molecule has 4 aliphatic rings. The monoisotopic (exact) mass is 696 g/mol. The lowest BCUT2D eigenvalue weighted by Crippen LogP contribution is -2.50. The van der Waals surface area contributed by atoms with Gasteiger partial charge in [0.05, 0.1) is 32.4 Å². The number of H-pyrrole nitrogens is 1. The van der Waals surface area contributed by atoms with Crippen molar-refractivity contribution in [3.8, 4) is 22.8 Å². The molecule has 4 fully saturated rings. The van der Waals surface area contributed by atoms with Crippen LogP contribution in [0.1, 0.15) is 108 Å². The summed E-state index contributed by atoms with van der Waals surface area (Å²) in [5, 5.41) is 4.69. The number of amides is 2. The molecule has 3 heterocycles. The molecule has 2 aliphatic carbocycles. The van der Waals surface area contributed by atoms with Crippen LogP contribution in [0.4, 0.5) is 0 Å². The van der Waals surface area contributed by atoms with Gasteiger partial charge in [-0.3, -0.25) is 14.5 Å². The number of piperidine rings is 2. The molecular weight excluding hydrogens is 636 g/mol. The number of aromatic amines is 1. The Hall–Kier alpha value is -3.52. The highest BCUT2D eigenvalue weighted by Gasteiger charge is 2.55. The highest BCUT2D eigenvalue weighted by molar-refractivity contribution is 5.92. The van der Waals surface area contributed by atoms with Crippen molar-refractivity contribution in [2.45, 2.75) is 103 Å². The largest absolute Gasteiger partial charge is 0.493 e. The zero-order chi connectivity index (χ0) is 35.9. The van der Waals surface area contributed by atoms with E-state index in [1.807, 2.05) is 12.1 Å². The molecule has 2 saturated carbocycles. The van der Waals surface area contributed by atoms with E-state index in [2.05, 4.69) is 72.1 Å². The van der Waals surface area contributed by atoms with Crippen LogP contribution in [0.3, 0.4) is 0 Å². The second-order valence-electron chi connectivity index (χ2n) is 16.9. The molecule has 2 amide bonds. The van der Waals surface area contributed by atoms with Crippen LogP contribution in [0.2, 0.25) is 0 Å². The van der Waals surface area contributed by atoms with Gasteiger partial charge in [0.2, 0.25) is 11.8 Å².